The van der Waals surface area contributed by atoms with Crippen LogP contribution in [0.25, 0.3) is 0 Å². The zero-order valence-electron chi connectivity index (χ0n) is 7.54. The highest BCUT2D eigenvalue weighted by atomic mass is 32.1. The number of thiophene rings is 1. The van der Waals surface area contributed by atoms with E-state index in [1.807, 2.05) is 17.5 Å². The van der Waals surface area contributed by atoms with E-state index in [1.54, 1.807) is 11.3 Å². The minimum atomic E-state index is 0.354. The molecule has 0 unspecified atom stereocenters. The molecule has 0 amide bonds. The molecule has 0 bridgehead atoms. The average molecular weight is 182 g/mol. The Morgan fingerprint density at radius 3 is 2.83 bits per heavy atom. The maximum absolute atomic E-state index is 11.3. The molecular weight excluding hydrogens is 168 g/mol. The Bertz CT molecular complexity index is 236. The summed E-state index contributed by atoms with van der Waals surface area (Å²) in [5.74, 6) is 0.838. The van der Waals surface area contributed by atoms with Gasteiger partial charge in [0.2, 0.25) is 0 Å². The Morgan fingerprint density at radius 2 is 2.33 bits per heavy atom. The van der Waals surface area contributed by atoms with Gasteiger partial charge in [-0.15, -0.1) is 11.3 Å². The van der Waals surface area contributed by atoms with Gasteiger partial charge in [-0.05, 0) is 17.4 Å². The number of rotatable bonds is 4. The average Bonchev–Trinajstić information content (AvgIpc) is 2.37. The van der Waals surface area contributed by atoms with Crippen LogP contribution in [0.2, 0.25) is 0 Å². The Hall–Kier alpha value is -0.630. The lowest BCUT2D eigenvalue weighted by atomic mass is 10.0. The lowest BCUT2D eigenvalue weighted by molar-refractivity contribution is -0.119. The summed E-state index contributed by atoms with van der Waals surface area (Å²) in [6.45, 7) is 4.15. The quantitative estimate of drug-likeness (QED) is 0.699. The first-order chi connectivity index (χ1) is 5.68. The van der Waals surface area contributed by atoms with Crippen molar-refractivity contribution in [2.24, 2.45) is 5.92 Å². The van der Waals surface area contributed by atoms with E-state index in [0.717, 1.165) is 0 Å². The first-order valence-corrected chi connectivity index (χ1v) is 5.10. The van der Waals surface area contributed by atoms with Crippen molar-refractivity contribution in [1.82, 2.24) is 0 Å². The minimum Gasteiger partial charge on any atom is -0.299 e. The summed E-state index contributed by atoms with van der Waals surface area (Å²) < 4.78 is 0. The van der Waals surface area contributed by atoms with E-state index in [0.29, 0.717) is 24.5 Å². The van der Waals surface area contributed by atoms with Crippen LogP contribution in [0.3, 0.4) is 0 Å². The van der Waals surface area contributed by atoms with E-state index in [9.17, 15) is 4.79 Å². The van der Waals surface area contributed by atoms with Gasteiger partial charge in [0.1, 0.15) is 5.78 Å². The van der Waals surface area contributed by atoms with Gasteiger partial charge >= 0.3 is 0 Å². The second kappa shape index (κ2) is 4.41. The molecule has 1 aromatic rings. The van der Waals surface area contributed by atoms with Crippen LogP contribution in [0, 0.1) is 5.92 Å². The van der Waals surface area contributed by atoms with Crippen LogP contribution in [0.5, 0.6) is 0 Å². The molecule has 0 aromatic carbocycles. The monoisotopic (exact) mass is 182 g/mol. The first kappa shape index (κ1) is 9.46. The van der Waals surface area contributed by atoms with Crippen LogP contribution in [0.15, 0.2) is 17.5 Å². The van der Waals surface area contributed by atoms with E-state index < -0.39 is 0 Å². The molecule has 0 saturated carbocycles. The van der Waals surface area contributed by atoms with Gasteiger partial charge < -0.3 is 0 Å². The number of hydrogen-bond donors (Lipinski definition) is 0. The van der Waals surface area contributed by atoms with Gasteiger partial charge in [-0.25, -0.2) is 0 Å². The van der Waals surface area contributed by atoms with Crippen LogP contribution in [-0.2, 0) is 11.2 Å². The maximum Gasteiger partial charge on any atom is 0.138 e. The highest BCUT2D eigenvalue weighted by molar-refractivity contribution is 7.10. The van der Waals surface area contributed by atoms with Crippen molar-refractivity contribution in [2.45, 2.75) is 26.7 Å². The summed E-state index contributed by atoms with van der Waals surface area (Å²) in [6, 6.07) is 4.01. The maximum atomic E-state index is 11.3. The largest absolute Gasteiger partial charge is 0.299 e. The summed E-state index contributed by atoms with van der Waals surface area (Å²) in [5.41, 5.74) is 0. The zero-order valence-corrected chi connectivity index (χ0v) is 8.36. The molecular formula is C10H14OS. The van der Waals surface area contributed by atoms with Crippen molar-refractivity contribution in [2.75, 3.05) is 0 Å². The van der Waals surface area contributed by atoms with Gasteiger partial charge in [0, 0.05) is 17.7 Å². The van der Waals surface area contributed by atoms with Crippen molar-refractivity contribution in [3.05, 3.63) is 22.4 Å². The fraction of sp³-hybridized carbons (Fsp3) is 0.500. The van der Waals surface area contributed by atoms with Crippen molar-refractivity contribution >= 4 is 17.1 Å². The van der Waals surface area contributed by atoms with Crippen LogP contribution in [0.4, 0.5) is 0 Å². The Morgan fingerprint density at radius 1 is 1.58 bits per heavy atom. The van der Waals surface area contributed by atoms with Crippen LogP contribution in [-0.4, -0.2) is 5.78 Å². The number of ketones is 1. The molecule has 0 N–H and O–H groups in total. The molecule has 2 heteroatoms. The number of carbonyl (C=O) groups is 1. The molecule has 0 fully saturated rings. The SMILES string of the molecule is CC(C)CC(=O)Cc1cccs1. The molecule has 0 aliphatic rings. The standard InChI is InChI=1S/C10H14OS/c1-8(2)6-9(11)7-10-4-3-5-12-10/h3-5,8H,6-7H2,1-2H3. The lowest BCUT2D eigenvalue weighted by Crippen LogP contribution is -2.04. The predicted octanol–water partition coefficient (Wildman–Crippen LogP) is 2.91. The Kier molecular flexibility index (Phi) is 3.48. The highest BCUT2D eigenvalue weighted by Crippen LogP contribution is 2.12. The van der Waals surface area contributed by atoms with E-state index in [-0.39, 0.29) is 0 Å². The number of hydrogen-bond acceptors (Lipinski definition) is 2. The van der Waals surface area contributed by atoms with Gasteiger partial charge in [-0.1, -0.05) is 19.9 Å². The van der Waals surface area contributed by atoms with Crippen LogP contribution in [0.1, 0.15) is 25.1 Å². The van der Waals surface area contributed by atoms with Crippen molar-refractivity contribution < 1.29 is 4.79 Å². The van der Waals surface area contributed by atoms with Crippen LogP contribution >= 0.6 is 11.3 Å². The first-order valence-electron chi connectivity index (χ1n) is 4.22. The smallest absolute Gasteiger partial charge is 0.138 e. The Balaban J connectivity index is 2.37. The van der Waals surface area contributed by atoms with E-state index in [1.165, 1.54) is 4.88 Å². The van der Waals surface area contributed by atoms with Crippen molar-refractivity contribution in [3.63, 3.8) is 0 Å². The second-order valence-corrected chi connectivity index (χ2v) is 4.43. The van der Waals surface area contributed by atoms with Gasteiger partial charge in [-0.3, -0.25) is 4.79 Å². The van der Waals surface area contributed by atoms with E-state index in [4.69, 9.17) is 0 Å². The highest BCUT2D eigenvalue weighted by Gasteiger charge is 2.06. The lowest BCUT2D eigenvalue weighted by Gasteiger charge is -2.01. The van der Waals surface area contributed by atoms with E-state index >= 15 is 0 Å². The van der Waals surface area contributed by atoms with Gasteiger partial charge in [0.15, 0.2) is 0 Å². The molecule has 66 valence electrons. The summed E-state index contributed by atoms with van der Waals surface area (Å²) in [7, 11) is 0. The summed E-state index contributed by atoms with van der Waals surface area (Å²) in [4.78, 5) is 12.5. The second-order valence-electron chi connectivity index (χ2n) is 3.39. The van der Waals surface area contributed by atoms with E-state index in [2.05, 4.69) is 13.8 Å². The third kappa shape index (κ3) is 3.18. The number of Topliss-reactive ketones (excluding diaryl/α,β-unsaturated/α-hetero) is 1. The van der Waals surface area contributed by atoms with Gasteiger partial charge in [0.25, 0.3) is 0 Å². The normalized spacial score (nSPS) is 10.6. The Labute approximate surface area is 77.4 Å². The molecule has 12 heavy (non-hydrogen) atoms. The van der Waals surface area contributed by atoms with Crippen molar-refractivity contribution in [3.8, 4) is 0 Å². The zero-order chi connectivity index (χ0) is 8.97. The molecule has 0 aliphatic heterocycles. The number of carbonyl (C=O) groups excluding carboxylic acids is 1. The fourth-order valence-electron chi connectivity index (χ4n) is 1.14. The molecule has 1 rings (SSSR count). The molecule has 1 nitrogen and oxygen atoms in total. The summed E-state index contributed by atoms with van der Waals surface area (Å²) in [5, 5.41) is 2.01. The fourth-order valence-corrected chi connectivity index (χ4v) is 1.87. The van der Waals surface area contributed by atoms with Gasteiger partial charge in [-0.2, -0.15) is 0 Å². The third-order valence-corrected chi connectivity index (χ3v) is 2.46. The molecule has 1 heterocycles. The third-order valence-electron chi connectivity index (χ3n) is 1.59. The molecule has 0 radical (unpaired) electrons. The van der Waals surface area contributed by atoms with Crippen LogP contribution < -0.4 is 0 Å². The predicted molar refractivity (Wildman–Crippen MR) is 52.5 cm³/mol. The topological polar surface area (TPSA) is 17.1 Å². The molecule has 0 aliphatic carbocycles. The van der Waals surface area contributed by atoms with Crippen molar-refractivity contribution in [1.29, 1.82) is 0 Å². The summed E-state index contributed by atoms with van der Waals surface area (Å²) in [6.07, 6.45) is 1.33. The summed E-state index contributed by atoms with van der Waals surface area (Å²) >= 11 is 1.66. The minimum absolute atomic E-state index is 0.354. The molecule has 1 aromatic heterocycles. The van der Waals surface area contributed by atoms with Gasteiger partial charge in [0.05, 0.1) is 0 Å². The molecule has 0 spiro atoms. The molecule has 0 saturated heterocycles. The molecule has 0 atom stereocenters.